The average Bonchev–Trinajstić information content (AvgIpc) is 2.55. The number of non-ortho nitro benzene ring substituents is 1. The highest BCUT2D eigenvalue weighted by Crippen LogP contribution is 2.22. The van der Waals surface area contributed by atoms with Gasteiger partial charge in [-0.2, -0.15) is 0 Å². The molecule has 0 bridgehead atoms. The first kappa shape index (κ1) is 13.4. The molecule has 1 heterocycles. The van der Waals surface area contributed by atoms with Gasteiger partial charge in [0, 0.05) is 12.1 Å². The molecular weight excluding hydrogens is 306 g/mol. The van der Waals surface area contributed by atoms with Crippen LogP contribution in [-0.4, -0.2) is 9.49 Å². The molecule has 0 unspecified atom stereocenters. The Morgan fingerprint density at radius 2 is 2.29 bits per heavy atom. The first-order chi connectivity index (χ1) is 7.63. The Hall–Kier alpha value is -1.65. The average molecular weight is 314 g/mol. The molecule has 0 saturated heterocycles. The van der Waals surface area contributed by atoms with Crippen LogP contribution in [0.25, 0.3) is 10.2 Å². The van der Waals surface area contributed by atoms with E-state index in [0.29, 0.717) is 16.0 Å². The van der Waals surface area contributed by atoms with Gasteiger partial charge in [0.1, 0.15) is 0 Å². The van der Waals surface area contributed by atoms with Crippen LogP contribution in [0.2, 0.25) is 0 Å². The van der Waals surface area contributed by atoms with Crippen molar-refractivity contribution in [3.05, 3.63) is 33.1 Å². The molecule has 0 amide bonds. The Morgan fingerprint density at radius 3 is 2.88 bits per heavy atom. The van der Waals surface area contributed by atoms with Gasteiger partial charge in [0.2, 0.25) is 0 Å². The zero-order chi connectivity index (χ0) is 11.7. The Bertz CT molecular complexity index is 668. The van der Waals surface area contributed by atoms with Crippen molar-refractivity contribution in [1.29, 1.82) is 5.41 Å². The van der Waals surface area contributed by atoms with Gasteiger partial charge in [-0.15, -0.1) is 23.4 Å². The van der Waals surface area contributed by atoms with Crippen LogP contribution in [0.5, 0.6) is 0 Å². The first-order valence-corrected chi connectivity index (χ1v) is 5.21. The smallest absolute Gasteiger partial charge is 0.270 e. The second-order valence-corrected chi connectivity index (χ2v) is 4.14. The van der Waals surface area contributed by atoms with Crippen LogP contribution < -0.4 is 4.80 Å². The van der Waals surface area contributed by atoms with Gasteiger partial charge in [-0.3, -0.25) is 15.5 Å². The Labute approximate surface area is 111 Å². The number of nitrogens with zero attached hydrogens (tertiary/aromatic N) is 2. The van der Waals surface area contributed by atoms with Gasteiger partial charge in [0.05, 0.1) is 21.7 Å². The number of thiazole rings is 1. The third-order valence-corrected chi connectivity index (χ3v) is 3.11. The van der Waals surface area contributed by atoms with Crippen LogP contribution >= 0.6 is 28.3 Å². The zero-order valence-corrected chi connectivity index (χ0v) is 11.1. The van der Waals surface area contributed by atoms with Gasteiger partial charge in [0.25, 0.3) is 5.69 Å². The Kier molecular flexibility index (Phi) is 4.04. The van der Waals surface area contributed by atoms with E-state index in [1.807, 2.05) is 0 Å². The van der Waals surface area contributed by atoms with Crippen LogP contribution in [-0.2, 0) is 6.54 Å². The first-order valence-electron chi connectivity index (χ1n) is 4.39. The number of hydrogen-bond acceptors (Lipinski definition) is 4. The monoisotopic (exact) mass is 313 g/mol. The summed E-state index contributed by atoms with van der Waals surface area (Å²) in [5.41, 5.74) is 0.792. The van der Waals surface area contributed by atoms with Gasteiger partial charge < -0.3 is 4.57 Å². The summed E-state index contributed by atoms with van der Waals surface area (Å²) in [6, 6.07) is 4.51. The van der Waals surface area contributed by atoms with Crippen LogP contribution in [0, 0.1) is 27.9 Å². The summed E-state index contributed by atoms with van der Waals surface area (Å²) < 4.78 is 2.35. The SMILES string of the molecule is Br.C#CCn1c(=N)sc2cc([N+](=O)[O-])ccc21. The van der Waals surface area contributed by atoms with E-state index in [1.54, 1.807) is 10.6 Å². The van der Waals surface area contributed by atoms with E-state index in [-0.39, 0.29) is 22.7 Å². The number of fused-ring (bicyclic) bond motifs is 1. The number of hydrogen-bond donors (Lipinski definition) is 1. The summed E-state index contributed by atoms with van der Waals surface area (Å²) in [6.45, 7) is 0.302. The van der Waals surface area contributed by atoms with Crippen LogP contribution in [0.3, 0.4) is 0 Å². The number of terminal acetylenes is 1. The second kappa shape index (κ2) is 5.12. The lowest BCUT2D eigenvalue weighted by Crippen LogP contribution is -2.11. The molecule has 1 aromatic carbocycles. The second-order valence-electron chi connectivity index (χ2n) is 3.11. The fourth-order valence-corrected chi connectivity index (χ4v) is 2.38. The maximum Gasteiger partial charge on any atom is 0.270 e. The summed E-state index contributed by atoms with van der Waals surface area (Å²) in [4.78, 5) is 10.4. The molecule has 0 atom stereocenters. The standard InChI is InChI=1S/C10H7N3O2S.BrH/c1-2-5-12-8-4-3-7(13(14)15)6-9(8)16-10(12)11;/h1,3-4,6,11H,5H2;1H. The van der Waals surface area contributed by atoms with E-state index in [2.05, 4.69) is 5.92 Å². The number of halogens is 1. The third-order valence-electron chi connectivity index (χ3n) is 2.15. The zero-order valence-electron chi connectivity index (χ0n) is 8.54. The maximum atomic E-state index is 10.6. The maximum absolute atomic E-state index is 10.6. The van der Waals surface area contributed by atoms with Crippen LogP contribution in [0.4, 0.5) is 5.69 Å². The van der Waals surface area contributed by atoms with E-state index in [1.165, 1.54) is 23.5 Å². The van der Waals surface area contributed by atoms with Gasteiger partial charge in [0.15, 0.2) is 4.80 Å². The summed E-state index contributed by atoms with van der Waals surface area (Å²) >= 11 is 1.18. The molecule has 0 radical (unpaired) electrons. The molecule has 0 saturated carbocycles. The lowest BCUT2D eigenvalue weighted by molar-refractivity contribution is -0.384. The van der Waals surface area contributed by atoms with E-state index >= 15 is 0 Å². The number of aromatic nitrogens is 1. The highest BCUT2D eigenvalue weighted by Gasteiger charge is 2.10. The molecule has 1 N–H and O–H groups in total. The van der Waals surface area contributed by atoms with Crippen molar-refractivity contribution in [2.45, 2.75) is 6.54 Å². The molecule has 2 aromatic rings. The van der Waals surface area contributed by atoms with Gasteiger partial charge in [-0.25, -0.2) is 0 Å². The fraction of sp³-hybridized carbons (Fsp3) is 0.100. The molecule has 0 aliphatic heterocycles. The minimum absolute atomic E-state index is 0. The molecule has 88 valence electrons. The number of nitrogens with one attached hydrogen (secondary N) is 1. The molecule has 0 aliphatic carbocycles. The van der Waals surface area contributed by atoms with E-state index in [4.69, 9.17) is 11.8 Å². The lowest BCUT2D eigenvalue weighted by atomic mass is 10.3. The number of nitro benzene ring substituents is 1. The van der Waals surface area contributed by atoms with Crippen molar-refractivity contribution >= 4 is 44.2 Å². The van der Waals surface area contributed by atoms with Crippen molar-refractivity contribution in [2.75, 3.05) is 0 Å². The number of nitro groups is 1. The van der Waals surface area contributed by atoms with E-state index in [0.717, 1.165) is 5.52 Å². The number of rotatable bonds is 2. The summed E-state index contributed by atoms with van der Waals surface area (Å²) in [5, 5.41) is 18.3. The van der Waals surface area contributed by atoms with Crippen molar-refractivity contribution in [3.8, 4) is 12.3 Å². The van der Waals surface area contributed by atoms with Crippen molar-refractivity contribution in [1.82, 2.24) is 4.57 Å². The minimum Gasteiger partial charge on any atom is -0.305 e. The lowest BCUT2D eigenvalue weighted by Gasteiger charge is -1.97. The predicted molar refractivity (Wildman–Crippen MR) is 71.5 cm³/mol. The molecule has 1 aromatic heterocycles. The predicted octanol–water partition coefficient (Wildman–Crippen LogP) is 2.30. The molecule has 0 fully saturated rings. The molecule has 7 heteroatoms. The van der Waals surface area contributed by atoms with Gasteiger partial charge >= 0.3 is 0 Å². The Morgan fingerprint density at radius 1 is 1.59 bits per heavy atom. The molecule has 17 heavy (non-hydrogen) atoms. The van der Waals surface area contributed by atoms with Crippen molar-refractivity contribution < 1.29 is 4.92 Å². The van der Waals surface area contributed by atoms with Crippen molar-refractivity contribution in [3.63, 3.8) is 0 Å². The van der Waals surface area contributed by atoms with Gasteiger partial charge in [-0.1, -0.05) is 17.3 Å². The quantitative estimate of drug-likeness (QED) is 0.525. The molecule has 0 spiro atoms. The molecular formula is C10H8BrN3O2S. The van der Waals surface area contributed by atoms with E-state index in [9.17, 15) is 10.1 Å². The van der Waals surface area contributed by atoms with Gasteiger partial charge in [-0.05, 0) is 6.07 Å². The highest BCUT2D eigenvalue weighted by molar-refractivity contribution is 8.93. The van der Waals surface area contributed by atoms with Crippen LogP contribution in [0.1, 0.15) is 0 Å². The number of benzene rings is 1. The highest BCUT2D eigenvalue weighted by atomic mass is 79.9. The fourth-order valence-electron chi connectivity index (χ4n) is 1.44. The normalized spacial score (nSPS) is 9.59. The van der Waals surface area contributed by atoms with Crippen molar-refractivity contribution in [2.24, 2.45) is 0 Å². The summed E-state index contributed by atoms with van der Waals surface area (Å²) in [5.74, 6) is 2.46. The third kappa shape index (κ3) is 2.38. The molecule has 2 rings (SSSR count). The molecule has 0 aliphatic rings. The minimum atomic E-state index is -0.450. The van der Waals surface area contributed by atoms with Crippen LogP contribution in [0.15, 0.2) is 18.2 Å². The topological polar surface area (TPSA) is 71.9 Å². The largest absolute Gasteiger partial charge is 0.305 e. The summed E-state index contributed by atoms with van der Waals surface area (Å²) in [7, 11) is 0. The Balaban J connectivity index is 0.00000144. The summed E-state index contributed by atoms with van der Waals surface area (Å²) in [6.07, 6.45) is 5.20. The molecule has 5 nitrogen and oxygen atoms in total. The van der Waals surface area contributed by atoms with E-state index < -0.39 is 4.92 Å².